The summed E-state index contributed by atoms with van der Waals surface area (Å²) in [6, 6.07) is 0. The number of ether oxygens (including phenoxy) is 1. The van der Waals surface area contributed by atoms with E-state index in [-0.39, 0.29) is 5.60 Å². The number of rotatable bonds is 3. The number of hydrogen-bond donors (Lipinski definition) is 0. The summed E-state index contributed by atoms with van der Waals surface area (Å²) in [5.74, 6) is 0.770. The van der Waals surface area contributed by atoms with Gasteiger partial charge in [0.05, 0.1) is 9.26 Å². The maximum atomic E-state index is 6.19. The van der Waals surface area contributed by atoms with Gasteiger partial charge in [-0.3, -0.25) is 0 Å². The highest BCUT2D eigenvalue weighted by Crippen LogP contribution is 2.39. The molecule has 5 heteroatoms. The van der Waals surface area contributed by atoms with E-state index < -0.39 is 0 Å². The highest BCUT2D eigenvalue weighted by Gasteiger charge is 2.38. The van der Waals surface area contributed by atoms with E-state index in [1.165, 1.54) is 19.3 Å². The van der Waals surface area contributed by atoms with E-state index in [4.69, 9.17) is 16.3 Å². The Morgan fingerprint density at radius 3 is 2.50 bits per heavy atom. The Morgan fingerprint density at radius 2 is 1.94 bits per heavy atom. The van der Waals surface area contributed by atoms with Crippen molar-refractivity contribution >= 4 is 34.2 Å². The highest BCUT2D eigenvalue weighted by atomic mass is 127. The number of aromatic nitrogens is 2. The fraction of sp³-hybridized carbons (Fsp3) is 0.692. The molecule has 0 aromatic carbocycles. The standard InChI is InChI=1S/C13H18ClIN2O/c1-3-18-13(7-5-4-6-8-13)12-16-9(2)10(15)11(14)17-12/h3-8H2,1-2H3. The molecule has 100 valence electrons. The summed E-state index contributed by atoms with van der Waals surface area (Å²) in [7, 11) is 0. The van der Waals surface area contributed by atoms with E-state index in [9.17, 15) is 0 Å². The van der Waals surface area contributed by atoms with Crippen molar-refractivity contribution in [3.63, 3.8) is 0 Å². The first kappa shape index (κ1) is 14.5. The van der Waals surface area contributed by atoms with Crippen LogP contribution in [-0.4, -0.2) is 16.6 Å². The fourth-order valence-corrected chi connectivity index (χ4v) is 3.02. The van der Waals surface area contributed by atoms with Gasteiger partial charge in [0.1, 0.15) is 10.8 Å². The summed E-state index contributed by atoms with van der Waals surface area (Å²) in [4.78, 5) is 9.09. The highest BCUT2D eigenvalue weighted by molar-refractivity contribution is 14.1. The molecule has 0 aliphatic heterocycles. The van der Waals surface area contributed by atoms with E-state index in [0.717, 1.165) is 27.9 Å². The first-order chi connectivity index (χ1) is 8.59. The molecule has 1 aromatic heterocycles. The Labute approximate surface area is 127 Å². The van der Waals surface area contributed by atoms with Crippen LogP contribution in [0, 0.1) is 10.5 Å². The van der Waals surface area contributed by atoms with Crippen LogP contribution in [0.4, 0.5) is 0 Å². The van der Waals surface area contributed by atoms with Gasteiger partial charge in [-0.1, -0.05) is 30.9 Å². The van der Waals surface area contributed by atoms with Crippen molar-refractivity contribution in [3.05, 3.63) is 20.2 Å². The second kappa shape index (κ2) is 6.01. The quantitative estimate of drug-likeness (QED) is 0.581. The number of aryl methyl sites for hydroxylation is 1. The van der Waals surface area contributed by atoms with Crippen molar-refractivity contribution in [2.75, 3.05) is 6.61 Å². The van der Waals surface area contributed by atoms with Crippen molar-refractivity contribution < 1.29 is 4.74 Å². The molecule has 1 aromatic rings. The van der Waals surface area contributed by atoms with Gasteiger partial charge in [0, 0.05) is 6.61 Å². The predicted molar refractivity (Wildman–Crippen MR) is 80.9 cm³/mol. The smallest absolute Gasteiger partial charge is 0.162 e. The SMILES string of the molecule is CCOC1(c2nc(C)c(I)c(Cl)n2)CCCCC1. The van der Waals surface area contributed by atoms with Crippen molar-refractivity contribution in [3.8, 4) is 0 Å². The molecule has 0 radical (unpaired) electrons. The first-order valence-corrected chi connectivity index (χ1v) is 7.89. The van der Waals surface area contributed by atoms with Crippen molar-refractivity contribution in [2.45, 2.75) is 51.6 Å². The van der Waals surface area contributed by atoms with Gasteiger partial charge >= 0.3 is 0 Å². The topological polar surface area (TPSA) is 35.0 Å². The molecule has 0 spiro atoms. The third kappa shape index (κ3) is 2.80. The Morgan fingerprint density at radius 1 is 1.28 bits per heavy atom. The van der Waals surface area contributed by atoms with Gasteiger partial charge in [0.15, 0.2) is 5.82 Å². The van der Waals surface area contributed by atoms with Gasteiger partial charge in [-0.15, -0.1) is 0 Å². The van der Waals surface area contributed by atoms with E-state index in [1.54, 1.807) is 0 Å². The Kier molecular flexibility index (Phi) is 4.83. The minimum Gasteiger partial charge on any atom is -0.367 e. The van der Waals surface area contributed by atoms with Gasteiger partial charge in [-0.05, 0) is 49.3 Å². The lowest BCUT2D eigenvalue weighted by Gasteiger charge is -2.35. The van der Waals surface area contributed by atoms with Crippen molar-refractivity contribution in [2.24, 2.45) is 0 Å². The Hall–Kier alpha value is 0.0600. The van der Waals surface area contributed by atoms with Crippen LogP contribution in [-0.2, 0) is 10.3 Å². The van der Waals surface area contributed by atoms with Gasteiger partial charge in [-0.25, -0.2) is 9.97 Å². The van der Waals surface area contributed by atoms with Gasteiger partial charge < -0.3 is 4.74 Å². The molecule has 0 saturated heterocycles. The van der Waals surface area contributed by atoms with Gasteiger partial charge in [0.25, 0.3) is 0 Å². The Bertz CT molecular complexity index is 404. The molecule has 0 bridgehead atoms. The summed E-state index contributed by atoms with van der Waals surface area (Å²) >= 11 is 8.37. The summed E-state index contributed by atoms with van der Waals surface area (Å²) in [6.45, 7) is 4.69. The largest absolute Gasteiger partial charge is 0.367 e. The van der Waals surface area contributed by atoms with Crippen LogP contribution in [0.5, 0.6) is 0 Å². The third-order valence-electron chi connectivity index (χ3n) is 3.47. The zero-order valence-corrected chi connectivity index (χ0v) is 13.7. The molecule has 0 N–H and O–H groups in total. The zero-order chi connectivity index (χ0) is 13.2. The lowest BCUT2D eigenvalue weighted by molar-refractivity contribution is -0.0768. The van der Waals surface area contributed by atoms with Crippen LogP contribution in [0.2, 0.25) is 5.15 Å². The third-order valence-corrected chi connectivity index (χ3v) is 5.35. The average Bonchev–Trinajstić information content (AvgIpc) is 2.37. The summed E-state index contributed by atoms with van der Waals surface area (Å²) in [6.07, 6.45) is 5.61. The molecule has 2 rings (SSSR count). The normalized spacial score (nSPS) is 18.9. The maximum absolute atomic E-state index is 6.19. The molecule has 1 saturated carbocycles. The molecule has 1 aliphatic rings. The van der Waals surface area contributed by atoms with E-state index >= 15 is 0 Å². The van der Waals surface area contributed by atoms with Crippen LogP contribution < -0.4 is 0 Å². The van der Waals surface area contributed by atoms with Crippen LogP contribution >= 0.6 is 34.2 Å². The minimum atomic E-state index is -0.314. The lowest BCUT2D eigenvalue weighted by atomic mass is 9.84. The molecule has 1 aliphatic carbocycles. The van der Waals surface area contributed by atoms with Crippen LogP contribution in [0.25, 0.3) is 0 Å². The van der Waals surface area contributed by atoms with E-state index in [1.807, 2.05) is 13.8 Å². The van der Waals surface area contributed by atoms with Crippen molar-refractivity contribution in [1.82, 2.24) is 9.97 Å². The van der Waals surface area contributed by atoms with Crippen molar-refractivity contribution in [1.29, 1.82) is 0 Å². The minimum absolute atomic E-state index is 0.314. The Balaban J connectivity index is 2.42. The van der Waals surface area contributed by atoms with Gasteiger partial charge in [0.2, 0.25) is 0 Å². The van der Waals surface area contributed by atoms with Gasteiger partial charge in [-0.2, -0.15) is 0 Å². The zero-order valence-electron chi connectivity index (χ0n) is 10.8. The number of nitrogens with zero attached hydrogens (tertiary/aromatic N) is 2. The summed E-state index contributed by atoms with van der Waals surface area (Å²) < 4.78 is 6.95. The predicted octanol–water partition coefficient (Wildman–Crippen LogP) is 4.24. The molecule has 1 fully saturated rings. The van der Waals surface area contributed by atoms with Crippen LogP contribution in [0.3, 0.4) is 0 Å². The maximum Gasteiger partial charge on any atom is 0.162 e. The first-order valence-electron chi connectivity index (χ1n) is 6.43. The van der Waals surface area contributed by atoms with Crippen LogP contribution in [0.15, 0.2) is 0 Å². The molecule has 0 amide bonds. The van der Waals surface area contributed by atoms with E-state index in [2.05, 4.69) is 32.6 Å². The number of halogens is 2. The summed E-state index contributed by atoms with van der Waals surface area (Å²) in [5, 5.41) is 0.544. The van der Waals surface area contributed by atoms with Crippen LogP contribution in [0.1, 0.15) is 50.5 Å². The fourth-order valence-electron chi connectivity index (χ4n) is 2.56. The average molecular weight is 381 g/mol. The molecular weight excluding hydrogens is 363 g/mol. The molecule has 3 nitrogen and oxygen atoms in total. The second-order valence-corrected chi connectivity index (χ2v) is 6.16. The lowest BCUT2D eigenvalue weighted by Crippen LogP contribution is -2.35. The molecule has 0 atom stereocenters. The van der Waals surface area contributed by atoms with E-state index in [0.29, 0.717) is 11.8 Å². The molecule has 1 heterocycles. The summed E-state index contributed by atoms with van der Waals surface area (Å²) in [5.41, 5.74) is 0.626. The monoisotopic (exact) mass is 380 g/mol. The molecule has 18 heavy (non-hydrogen) atoms. The molecule has 0 unspecified atom stereocenters. The molecular formula is C13H18ClIN2O. The number of hydrogen-bond acceptors (Lipinski definition) is 3. The second-order valence-electron chi connectivity index (χ2n) is 4.73.